The Bertz CT molecular complexity index is 706. The largest absolute Gasteiger partial charge is 0.481 e. The third kappa shape index (κ3) is 6.07. The van der Waals surface area contributed by atoms with Crippen molar-refractivity contribution >= 4 is 11.9 Å². The first-order valence-corrected chi connectivity index (χ1v) is 8.49. The Morgan fingerprint density at radius 1 is 0.920 bits per heavy atom. The Morgan fingerprint density at radius 3 is 2.12 bits per heavy atom. The SMILES string of the molecule is CC(C)(Cc1ccc(CCC(=O)NCc2ccccc2)cc1)C(=O)O. The summed E-state index contributed by atoms with van der Waals surface area (Å²) in [6.45, 7) is 3.99. The predicted octanol–water partition coefficient (Wildman–Crippen LogP) is 3.59. The molecule has 0 heterocycles. The predicted molar refractivity (Wildman–Crippen MR) is 98.2 cm³/mol. The molecule has 0 bridgehead atoms. The molecule has 2 aromatic carbocycles. The molecule has 0 saturated heterocycles. The van der Waals surface area contributed by atoms with Crippen molar-refractivity contribution in [3.63, 3.8) is 0 Å². The molecule has 2 rings (SSSR count). The number of carboxylic acid groups (broad SMARTS) is 1. The Morgan fingerprint density at radius 2 is 1.52 bits per heavy atom. The van der Waals surface area contributed by atoms with Gasteiger partial charge in [-0.05, 0) is 43.4 Å². The maximum absolute atomic E-state index is 11.9. The second-order valence-corrected chi connectivity index (χ2v) is 6.94. The van der Waals surface area contributed by atoms with Crippen LogP contribution in [-0.4, -0.2) is 17.0 Å². The second kappa shape index (κ2) is 8.47. The van der Waals surface area contributed by atoms with Gasteiger partial charge in [0.2, 0.25) is 5.91 Å². The average Bonchev–Trinajstić information content (AvgIpc) is 2.60. The first-order chi connectivity index (χ1) is 11.9. The quantitative estimate of drug-likeness (QED) is 0.772. The molecule has 0 aliphatic heterocycles. The lowest BCUT2D eigenvalue weighted by atomic mass is 9.85. The van der Waals surface area contributed by atoms with E-state index < -0.39 is 11.4 Å². The highest BCUT2D eigenvalue weighted by atomic mass is 16.4. The zero-order valence-corrected chi connectivity index (χ0v) is 14.8. The molecule has 132 valence electrons. The number of rotatable bonds is 8. The van der Waals surface area contributed by atoms with Crippen molar-refractivity contribution in [3.05, 3.63) is 71.3 Å². The minimum Gasteiger partial charge on any atom is -0.481 e. The van der Waals surface area contributed by atoms with E-state index in [1.54, 1.807) is 13.8 Å². The van der Waals surface area contributed by atoms with Crippen LogP contribution in [0, 0.1) is 5.41 Å². The minimum absolute atomic E-state index is 0.0277. The van der Waals surface area contributed by atoms with E-state index in [0.717, 1.165) is 16.7 Å². The molecule has 2 N–H and O–H groups in total. The summed E-state index contributed by atoms with van der Waals surface area (Å²) >= 11 is 0. The molecule has 2 aromatic rings. The van der Waals surface area contributed by atoms with Gasteiger partial charge in [-0.3, -0.25) is 9.59 Å². The lowest BCUT2D eigenvalue weighted by Crippen LogP contribution is -2.26. The number of aliphatic carboxylic acids is 1. The van der Waals surface area contributed by atoms with Gasteiger partial charge in [-0.2, -0.15) is 0 Å². The van der Waals surface area contributed by atoms with Crippen LogP contribution in [-0.2, 0) is 29.0 Å². The molecule has 0 atom stereocenters. The van der Waals surface area contributed by atoms with E-state index in [2.05, 4.69) is 5.32 Å². The topological polar surface area (TPSA) is 66.4 Å². The third-order valence-electron chi connectivity index (χ3n) is 4.22. The summed E-state index contributed by atoms with van der Waals surface area (Å²) in [6.07, 6.45) is 1.59. The van der Waals surface area contributed by atoms with Gasteiger partial charge in [-0.25, -0.2) is 0 Å². The summed E-state index contributed by atoms with van der Waals surface area (Å²) < 4.78 is 0. The number of hydrogen-bond donors (Lipinski definition) is 2. The molecular weight excluding hydrogens is 314 g/mol. The van der Waals surface area contributed by atoms with Crippen molar-refractivity contribution in [1.29, 1.82) is 0 Å². The molecule has 0 aliphatic carbocycles. The molecule has 0 spiro atoms. The van der Waals surface area contributed by atoms with Gasteiger partial charge in [0, 0.05) is 13.0 Å². The highest BCUT2D eigenvalue weighted by Gasteiger charge is 2.27. The van der Waals surface area contributed by atoms with Crippen molar-refractivity contribution in [2.75, 3.05) is 0 Å². The van der Waals surface area contributed by atoms with E-state index in [-0.39, 0.29) is 5.91 Å². The van der Waals surface area contributed by atoms with Crippen molar-refractivity contribution in [3.8, 4) is 0 Å². The number of carbonyl (C=O) groups excluding carboxylic acids is 1. The number of benzene rings is 2. The fraction of sp³-hybridized carbons (Fsp3) is 0.333. The van der Waals surface area contributed by atoms with E-state index in [1.807, 2.05) is 54.6 Å². The normalized spacial score (nSPS) is 11.1. The Labute approximate surface area is 148 Å². The lowest BCUT2D eigenvalue weighted by Gasteiger charge is -2.19. The highest BCUT2D eigenvalue weighted by molar-refractivity contribution is 5.76. The van der Waals surface area contributed by atoms with Crippen molar-refractivity contribution in [2.24, 2.45) is 5.41 Å². The van der Waals surface area contributed by atoms with Crippen LogP contribution in [0.2, 0.25) is 0 Å². The molecule has 0 fully saturated rings. The number of aryl methyl sites for hydroxylation is 1. The van der Waals surface area contributed by atoms with E-state index in [0.29, 0.717) is 25.8 Å². The molecule has 25 heavy (non-hydrogen) atoms. The van der Waals surface area contributed by atoms with Gasteiger partial charge in [0.1, 0.15) is 0 Å². The number of carboxylic acids is 1. The first-order valence-electron chi connectivity index (χ1n) is 8.49. The van der Waals surface area contributed by atoms with Gasteiger partial charge < -0.3 is 10.4 Å². The van der Waals surface area contributed by atoms with Crippen LogP contribution in [0.4, 0.5) is 0 Å². The molecule has 0 unspecified atom stereocenters. The standard InChI is InChI=1S/C21H25NO3/c1-21(2,20(24)25)14-17-10-8-16(9-11-17)12-13-19(23)22-15-18-6-4-3-5-7-18/h3-11H,12-15H2,1-2H3,(H,22,23)(H,24,25). The maximum atomic E-state index is 11.9. The molecule has 0 aromatic heterocycles. The van der Waals surface area contributed by atoms with Crippen LogP contribution in [0.25, 0.3) is 0 Å². The van der Waals surface area contributed by atoms with E-state index in [4.69, 9.17) is 0 Å². The van der Waals surface area contributed by atoms with E-state index >= 15 is 0 Å². The molecule has 4 heteroatoms. The maximum Gasteiger partial charge on any atom is 0.309 e. The lowest BCUT2D eigenvalue weighted by molar-refractivity contribution is -0.146. The van der Waals surface area contributed by atoms with Crippen molar-refractivity contribution < 1.29 is 14.7 Å². The summed E-state index contributed by atoms with van der Waals surface area (Å²) in [5.74, 6) is -0.772. The Hall–Kier alpha value is -2.62. The summed E-state index contributed by atoms with van der Waals surface area (Å²) in [6, 6.07) is 17.7. The minimum atomic E-state index is -0.799. The van der Waals surface area contributed by atoms with Gasteiger partial charge in [0.05, 0.1) is 5.41 Å². The van der Waals surface area contributed by atoms with Gasteiger partial charge in [0.15, 0.2) is 0 Å². The first kappa shape index (κ1) is 18.7. The monoisotopic (exact) mass is 339 g/mol. The fourth-order valence-corrected chi connectivity index (χ4v) is 2.55. The van der Waals surface area contributed by atoms with Crippen LogP contribution in [0.1, 0.15) is 37.0 Å². The van der Waals surface area contributed by atoms with Crippen molar-refractivity contribution in [1.82, 2.24) is 5.32 Å². The third-order valence-corrected chi connectivity index (χ3v) is 4.22. The van der Waals surface area contributed by atoms with E-state index in [9.17, 15) is 14.7 Å². The molecule has 0 aliphatic rings. The average molecular weight is 339 g/mol. The van der Waals surface area contributed by atoms with Crippen LogP contribution in [0.5, 0.6) is 0 Å². The molecule has 0 saturated carbocycles. The number of amides is 1. The smallest absolute Gasteiger partial charge is 0.309 e. The number of hydrogen-bond acceptors (Lipinski definition) is 2. The van der Waals surface area contributed by atoms with Crippen LogP contribution >= 0.6 is 0 Å². The van der Waals surface area contributed by atoms with Gasteiger partial charge in [-0.1, -0.05) is 54.6 Å². The number of nitrogens with one attached hydrogen (secondary N) is 1. The van der Waals surface area contributed by atoms with Crippen molar-refractivity contribution in [2.45, 2.75) is 39.7 Å². The van der Waals surface area contributed by atoms with Gasteiger partial charge >= 0.3 is 5.97 Å². The summed E-state index contributed by atoms with van der Waals surface area (Å²) in [7, 11) is 0. The van der Waals surface area contributed by atoms with Crippen LogP contribution in [0.15, 0.2) is 54.6 Å². The molecule has 0 radical (unpaired) electrons. The second-order valence-electron chi connectivity index (χ2n) is 6.94. The summed E-state index contributed by atoms with van der Waals surface area (Å²) in [5.41, 5.74) is 2.37. The van der Waals surface area contributed by atoms with E-state index in [1.165, 1.54) is 0 Å². The zero-order chi connectivity index (χ0) is 18.3. The Balaban J connectivity index is 1.79. The summed E-state index contributed by atoms with van der Waals surface area (Å²) in [4.78, 5) is 23.1. The highest BCUT2D eigenvalue weighted by Crippen LogP contribution is 2.22. The Kier molecular flexibility index (Phi) is 6.34. The van der Waals surface area contributed by atoms with Gasteiger partial charge in [-0.15, -0.1) is 0 Å². The van der Waals surface area contributed by atoms with Gasteiger partial charge in [0.25, 0.3) is 0 Å². The number of carbonyl (C=O) groups is 2. The van der Waals surface area contributed by atoms with Crippen LogP contribution in [0.3, 0.4) is 0 Å². The molecule has 4 nitrogen and oxygen atoms in total. The zero-order valence-electron chi connectivity index (χ0n) is 14.8. The molecule has 1 amide bonds. The summed E-state index contributed by atoms with van der Waals surface area (Å²) in [5, 5.41) is 12.1. The fourth-order valence-electron chi connectivity index (χ4n) is 2.55. The molecular formula is C21H25NO3. The van der Waals surface area contributed by atoms with Crippen LogP contribution < -0.4 is 5.32 Å².